The molecule has 0 saturated heterocycles. The lowest BCUT2D eigenvalue weighted by molar-refractivity contribution is 0.305. The van der Waals surface area contributed by atoms with Crippen LogP contribution < -0.4 is 4.74 Å². The van der Waals surface area contributed by atoms with Crippen molar-refractivity contribution >= 4 is 6.08 Å². The van der Waals surface area contributed by atoms with E-state index in [1.807, 2.05) is 12.1 Å². The monoisotopic (exact) mass is 294 g/mol. The van der Waals surface area contributed by atoms with Crippen LogP contribution in [0.4, 0.5) is 0 Å². The van der Waals surface area contributed by atoms with Gasteiger partial charge in [-0.3, -0.25) is 0 Å². The summed E-state index contributed by atoms with van der Waals surface area (Å²) in [5.41, 5.74) is 5.12. The molecule has 0 saturated carbocycles. The van der Waals surface area contributed by atoms with Gasteiger partial charge in [0.15, 0.2) is 0 Å². The van der Waals surface area contributed by atoms with E-state index >= 15 is 0 Å². The van der Waals surface area contributed by atoms with Crippen LogP contribution in [0.3, 0.4) is 0 Å². The van der Waals surface area contributed by atoms with Crippen molar-refractivity contribution in [2.24, 2.45) is 5.41 Å². The smallest absolute Gasteiger partial charge is 0.120 e. The number of benzene rings is 2. The highest BCUT2D eigenvalue weighted by atomic mass is 16.5. The quantitative estimate of drug-likeness (QED) is 0.676. The fourth-order valence-corrected chi connectivity index (χ4v) is 2.45. The highest BCUT2D eigenvalue weighted by Crippen LogP contribution is 2.26. The topological polar surface area (TPSA) is 9.23 Å². The molecule has 0 spiro atoms. The maximum absolute atomic E-state index is 5.98. The molecule has 0 bridgehead atoms. The predicted octanol–water partition coefficient (Wildman–Crippen LogP) is 5.81. The van der Waals surface area contributed by atoms with E-state index in [0.29, 0.717) is 6.61 Å². The minimum absolute atomic E-state index is 0.258. The summed E-state index contributed by atoms with van der Waals surface area (Å²) in [5, 5.41) is 0. The molecular weight excluding hydrogens is 268 g/mol. The lowest BCUT2D eigenvalue weighted by Gasteiger charge is -2.19. The lowest BCUT2D eigenvalue weighted by atomic mass is 9.87. The molecular formula is C21H26O. The van der Waals surface area contributed by atoms with Crippen LogP contribution in [0.5, 0.6) is 5.75 Å². The summed E-state index contributed by atoms with van der Waals surface area (Å²) in [6, 6.07) is 14.8. The predicted molar refractivity (Wildman–Crippen MR) is 95.2 cm³/mol. The fraction of sp³-hybridized carbons (Fsp3) is 0.333. The molecule has 0 aliphatic carbocycles. The van der Waals surface area contributed by atoms with Crippen LogP contribution in [-0.2, 0) is 13.0 Å². The van der Waals surface area contributed by atoms with Gasteiger partial charge >= 0.3 is 0 Å². The van der Waals surface area contributed by atoms with E-state index in [2.05, 4.69) is 70.7 Å². The molecule has 0 heterocycles. The first-order valence-electron chi connectivity index (χ1n) is 7.80. The molecule has 116 valence electrons. The van der Waals surface area contributed by atoms with Gasteiger partial charge in [0.1, 0.15) is 12.4 Å². The van der Waals surface area contributed by atoms with Crippen molar-refractivity contribution in [2.45, 2.75) is 40.7 Å². The van der Waals surface area contributed by atoms with Crippen molar-refractivity contribution in [3.8, 4) is 5.75 Å². The van der Waals surface area contributed by atoms with Gasteiger partial charge in [-0.25, -0.2) is 0 Å². The van der Waals surface area contributed by atoms with Gasteiger partial charge in [-0.05, 0) is 47.6 Å². The largest absolute Gasteiger partial charge is 0.489 e. The Morgan fingerprint density at radius 3 is 2.27 bits per heavy atom. The van der Waals surface area contributed by atoms with Gasteiger partial charge in [0, 0.05) is 0 Å². The molecule has 0 atom stereocenters. The number of ether oxygens (including phenoxy) is 1. The summed E-state index contributed by atoms with van der Waals surface area (Å²) in [6.45, 7) is 13.3. The molecule has 1 heteroatoms. The van der Waals surface area contributed by atoms with Crippen LogP contribution in [0.15, 0.2) is 49.0 Å². The Morgan fingerprint density at radius 2 is 1.68 bits per heavy atom. The molecule has 0 N–H and O–H groups in total. The maximum Gasteiger partial charge on any atom is 0.120 e. The number of hydrogen-bond donors (Lipinski definition) is 0. The van der Waals surface area contributed by atoms with E-state index in [9.17, 15) is 0 Å². The Bertz CT molecular complexity index is 630. The first-order valence-corrected chi connectivity index (χ1v) is 7.80. The average Bonchev–Trinajstić information content (AvgIpc) is 2.44. The summed E-state index contributed by atoms with van der Waals surface area (Å²) in [5.74, 6) is 0.914. The second-order valence-electron chi connectivity index (χ2n) is 7.13. The van der Waals surface area contributed by atoms with Crippen molar-refractivity contribution in [2.75, 3.05) is 0 Å². The zero-order valence-corrected chi connectivity index (χ0v) is 14.1. The van der Waals surface area contributed by atoms with E-state index in [4.69, 9.17) is 4.74 Å². The van der Waals surface area contributed by atoms with Crippen molar-refractivity contribution in [1.29, 1.82) is 0 Å². The maximum atomic E-state index is 5.98. The van der Waals surface area contributed by atoms with Crippen LogP contribution in [0, 0.1) is 12.3 Å². The number of rotatable bonds is 5. The van der Waals surface area contributed by atoms with Crippen molar-refractivity contribution in [1.82, 2.24) is 0 Å². The van der Waals surface area contributed by atoms with Gasteiger partial charge in [0.25, 0.3) is 0 Å². The SMILES string of the molecule is C=Cc1cc(CC(C)(C)C)cc(OCc2ccc(C)cc2)c1. The molecule has 1 nitrogen and oxygen atoms in total. The van der Waals surface area contributed by atoms with Crippen LogP contribution in [0.25, 0.3) is 6.08 Å². The van der Waals surface area contributed by atoms with E-state index in [1.165, 1.54) is 16.7 Å². The molecule has 2 aromatic rings. The Balaban J connectivity index is 2.14. The van der Waals surface area contributed by atoms with Gasteiger partial charge in [-0.1, -0.05) is 69.3 Å². The van der Waals surface area contributed by atoms with Crippen molar-refractivity contribution in [3.63, 3.8) is 0 Å². The molecule has 0 amide bonds. The van der Waals surface area contributed by atoms with Gasteiger partial charge in [0.05, 0.1) is 0 Å². The minimum atomic E-state index is 0.258. The molecule has 0 aromatic heterocycles. The molecule has 0 aliphatic heterocycles. The Hall–Kier alpha value is -2.02. The van der Waals surface area contributed by atoms with Crippen LogP contribution >= 0.6 is 0 Å². The zero-order valence-electron chi connectivity index (χ0n) is 14.1. The highest BCUT2D eigenvalue weighted by molar-refractivity contribution is 5.52. The lowest BCUT2D eigenvalue weighted by Crippen LogP contribution is -2.09. The first kappa shape index (κ1) is 16.4. The molecule has 0 unspecified atom stereocenters. The zero-order chi connectivity index (χ0) is 16.2. The summed E-state index contributed by atoms with van der Waals surface area (Å²) >= 11 is 0. The highest BCUT2D eigenvalue weighted by Gasteiger charge is 2.12. The van der Waals surface area contributed by atoms with Gasteiger partial charge < -0.3 is 4.74 Å². The van der Waals surface area contributed by atoms with Gasteiger partial charge in [-0.15, -0.1) is 0 Å². The van der Waals surface area contributed by atoms with E-state index in [-0.39, 0.29) is 5.41 Å². The molecule has 22 heavy (non-hydrogen) atoms. The molecule has 2 aromatic carbocycles. The standard InChI is InChI=1S/C21H26O/c1-6-17-11-19(14-21(3,4)5)13-20(12-17)22-15-18-9-7-16(2)8-10-18/h6-13H,1,14-15H2,2-5H3. The van der Waals surface area contributed by atoms with E-state index < -0.39 is 0 Å². The molecule has 2 rings (SSSR count). The Kier molecular flexibility index (Phi) is 5.07. The second-order valence-corrected chi connectivity index (χ2v) is 7.13. The molecule has 0 fully saturated rings. The third kappa shape index (κ3) is 5.07. The summed E-state index contributed by atoms with van der Waals surface area (Å²) in [6.07, 6.45) is 2.90. The number of hydrogen-bond acceptors (Lipinski definition) is 1. The van der Waals surface area contributed by atoms with Gasteiger partial charge in [0.2, 0.25) is 0 Å². The summed E-state index contributed by atoms with van der Waals surface area (Å²) in [7, 11) is 0. The number of aryl methyl sites for hydroxylation is 1. The normalized spacial score (nSPS) is 11.3. The summed E-state index contributed by atoms with van der Waals surface area (Å²) in [4.78, 5) is 0. The minimum Gasteiger partial charge on any atom is -0.489 e. The first-order chi connectivity index (χ1) is 10.4. The fourth-order valence-electron chi connectivity index (χ4n) is 2.45. The van der Waals surface area contributed by atoms with Gasteiger partial charge in [-0.2, -0.15) is 0 Å². The Morgan fingerprint density at radius 1 is 1.00 bits per heavy atom. The van der Waals surface area contributed by atoms with Crippen molar-refractivity contribution in [3.05, 3.63) is 71.3 Å². The Labute approximate surface area is 134 Å². The third-order valence-electron chi connectivity index (χ3n) is 3.48. The summed E-state index contributed by atoms with van der Waals surface area (Å²) < 4.78 is 5.98. The average molecular weight is 294 g/mol. The van der Waals surface area contributed by atoms with E-state index in [0.717, 1.165) is 17.7 Å². The molecule has 0 radical (unpaired) electrons. The van der Waals surface area contributed by atoms with Crippen molar-refractivity contribution < 1.29 is 4.74 Å². The molecule has 0 aliphatic rings. The third-order valence-corrected chi connectivity index (χ3v) is 3.48. The van der Waals surface area contributed by atoms with Crippen LogP contribution in [-0.4, -0.2) is 0 Å². The van der Waals surface area contributed by atoms with Crippen LogP contribution in [0.1, 0.15) is 43.0 Å². The second kappa shape index (κ2) is 6.83. The van der Waals surface area contributed by atoms with E-state index in [1.54, 1.807) is 0 Å². The van der Waals surface area contributed by atoms with Crippen LogP contribution in [0.2, 0.25) is 0 Å².